The van der Waals surface area contributed by atoms with Crippen LogP contribution in [0.15, 0.2) is 18.3 Å². The number of hydrogen-bond acceptors (Lipinski definition) is 4. The van der Waals surface area contributed by atoms with Gasteiger partial charge in [-0.05, 0) is 43.4 Å². The first-order chi connectivity index (χ1) is 7.60. The normalized spacial score (nSPS) is 18.6. The van der Waals surface area contributed by atoms with Gasteiger partial charge in [-0.25, -0.2) is 4.98 Å². The molecule has 1 aliphatic carbocycles. The van der Waals surface area contributed by atoms with Gasteiger partial charge >= 0.3 is 0 Å². The highest BCUT2D eigenvalue weighted by molar-refractivity contribution is 5.89. The van der Waals surface area contributed by atoms with E-state index >= 15 is 0 Å². The molecule has 3 N–H and O–H groups in total. The van der Waals surface area contributed by atoms with Crippen LogP contribution < -0.4 is 5.73 Å². The number of rotatable bonds is 3. The number of pyridine rings is 1. The van der Waals surface area contributed by atoms with Crippen LogP contribution in [0.5, 0.6) is 0 Å². The zero-order chi connectivity index (χ0) is 11.6. The Bertz CT molecular complexity index is 398. The predicted molar refractivity (Wildman–Crippen MR) is 60.8 cm³/mol. The average molecular weight is 220 g/mol. The van der Waals surface area contributed by atoms with Crippen molar-refractivity contribution >= 4 is 11.6 Å². The van der Waals surface area contributed by atoms with Crippen LogP contribution in [0.2, 0.25) is 0 Å². The molecule has 1 fully saturated rings. The topological polar surface area (TPSA) is 76.2 Å². The molecule has 0 bridgehead atoms. The summed E-state index contributed by atoms with van der Waals surface area (Å²) in [5.74, 6) is 0.305. The minimum atomic E-state index is -1.10. The number of carbonyl (C=O) groups is 1. The fourth-order valence-corrected chi connectivity index (χ4v) is 2.19. The maximum Gasteiger partial charge on any atom is 0.168 e. The van der Waals surface area contributed by atoms with Crippen molar-refractivity contribution in [2.45, 2.75) is 37.7 Å². The molecular formula is C12H16N2O2. The van der Waals surface area contributed by atoms with Crippen molar-refractivity contribution in [3.8, 4) is 0 Å². The zero-order valence-corrected chi connectivity index (χ0v) is 9.15. The van der Waals surface area contributed by atoms with Crippen LogP contribution in [0.4, 0.5) is 5.82 Å². The molecule has 1 saturated carbocycles. The Balaban J connectivity index is 2.07. The molecule has 1 aliphatic rings. The highest BCUT2D eigenvalue weighted by atomic mass is 16.3. The summed E-state index contributed by atoms with van der Waals surface area (Å²) in [4.78, 5) is 15.8. The molecule has 0 unspecified atom stereocenters. The summed E-state index contributed by atoms with van der Waals surface area (Å²) >= 11 is 0. The van der Waals surface area contributed by atoms with Crippen LogP contribution in [0.3, 0.4) is 0 Å². The van der Waals surface area contributed by atoms with Crippen molar-refractivity contribution in [2.24, 2.45) is 0 Å². The first kappa shape index (κ1) is 11.1. The summed E-state index contributed by atoms with van der Waals surface area (Å²) in [5, 5.41) is 10.1. The van der Waals surface area contributed by atoms with Gasteiger partial charge in [-0.1, -0.05) is 0 Å². The van der Waals surface area contributed by atoms with Crippen molar-refractivity contribution in [2.75, 3.05) is 5.73 Å². The molecular weight excluding hydrogens is 204 g/mol. The second-order valence-corrected chi connectivity index (χ2v) is 4.43. The van der Waals surface area contributed by atoms with E-state index in [1.807, 2.05) is 0 Å². The number of ketones is 1. The fourth-order valence-electron chi connectivity index (χ4n) is 2.19. The molecule has 0 saturated heterocycles. The average Bonchev–Trinajstić information content (AvgIpc) is 2.66. The number of anilines is 1. The third-order valence-electron chi connectivity index (χ3n) is 3.16. The number of nitrogen functional groups attached to an aromatic ring is 1. The monoisotopic (exact) mass is 220 g/mol. The number of nitrogens with zero attached hydrogens (tertiary/aromatic N) is 1. The molecule has 86 valence electrons. The Kier molecular flexibility index (Phi) is 2.92. The van der Waals surface area contributed by atoms with Crippen LogP contribution in [0.25, 0.3) is 0 Å². The highest BCUT2D eigenvalue weighted by Gasteiger charge is 2.37. The third-order valence-corrected chi connectivity index (χ3v) is 3.16. The van der Waals surface area contributed by atoms with Gasteiger partial charge in [0.05, 0.1) is 0 Å². The van der Waals surface area contributed by atoms with Crippen molar-refractivity contribution in [1.29, 1.82) is 0 Å². The van der Waals surface area contributed by atoms with Crippen LogP contribution >= 0.6 is 0 Å². The number of carbonyl (C=O) groups excluding carboxylic acids is 1. The van der Waals surface area contributed by atoms with Crippen LogP contribution in [-0.4, -0.2) is 21.5 Å². The van der Waals surface area contributed by atoms with Crippen LogP contribution in [-0.2, 0) is 11.2 Å². The van der Waals surface area contributed by atoms with E-state index in [1.54, 1.807) is 18.3 Å². The summed E-state index contributed by atoms with van der Waals surface area (Å²) in [6, 6.07) is 3.43. The Morgan fingerprint density at radius 1 is 1.50 bits per heavy atom. The second-order valence-electron chi connectivity index (χ2n) is 4.43. The lowest BCUT2D eigenvalue weighted by atomic mass is 9.92. The molecule has 0 atom stereocenters. The molecule has 16 heavy (non-hydrogen) atoms. The Morgan fingerprint density at radius 3 is 2.81 bits per heavy atom. The first-order valence-corrected chi connectivity index (χ1v) is 5.56. The van der Waals surface area contributed by atoms with Gasteiger partial charge in [0.1, 0.15) is 11.4 Å². The van der Waals surface area contributed by atoms with Crippen LogP contribution in [0, 0.1) is 0 Å². The molecule has 4 heteroatoms. The maximum atomic E-state index is 11.9. The molecule has 0 radical (unpaired) electrons. The minimum absolute atomic E-state index is 0.101. The molecule has 1 heterocycles. The van der Waals surface area contributed by atoms with Gasteiger partial charge in [0.15, 0.2) is 5.78 Å². The van der Waals surface area contributed by atoms with Gasteiger partial charge < -0.3 is 10.8 Å². The number of Topliss-reactive ketones (excluding diaryl/α,β-unsaturated/α-hetero) is 1. The van der Waals surface area contributed by atoms with Crippen molar-refractivity contribution in [3.63, 3.8) is 0 Å². The molecule has 1 aromatic heterocycles. The summed E-state index contributed by atoms with van der Waals surface area (Å²) in [5.41, 5.74) is 5.25. The lowest BCUT2D eigenvalue weighted by molar-refractivity contribution is -0.136. The quantitative estimate of drug-likeness (QED) is 0.799. The van der Waals surface area contributed by atoms with E-state index in [-0.39, 0.29) is 12.2 Å². The molecule has 4 nitrogen and oxygen atoms in total. The van der Waals surface area contributed by atoms with E-state index in [9.17, 15) is 9.90 Å². The second kappa shape index (κ2) is 4.22. The fraction of sp³-hybridized carbons (Fsp3) is 0.500. The molecule has 0 aromatic carbocycles. The summed E-state index contributed by atoms with van der Waals surface area (Å²) in [7, 11) is 0. The van der Waals surface area contributed by atoms with E-state index in [2.05, 4.69) is 4.98 Å². The van der Waals surface area contributed by atoms with Crippen molar-refractivity contribution in [1.82, 2.24) is 4.98 Å². The largest absolute Gasteiger partial charge is 0.384 e. The summed E-state index contributed by atoms with van der Waals surface area (Å²) < 4.78 is 0. The van der Waals surface area contributed by atoms with Gasteiger partial charge in [0.2, 0.25) is 0 Å². The Morgan fingerprint density at radius 2 is 2.19 bits per heavy atom. The van der Waals surface area contributed by atoms with E-state index < -0.39 is 5.60 Å². The SMILES string of the molecule is Nc1cc(CC(=O)C2(O)CCCC2)ccn1. The highest BCUT2D eigenvalue weighted by Crippen LogP contribution is 2.31. The smallest absolute Gasteiger partial charge is 0.168 e. The lowest BCUT2D eigenvalue weighted by Crippen LogP contribution is -2.36. The summed E-state index contributed by atoms with van der Waals surface area (Å²) in [6.07, 6.45) is 4.86. The first-order valence-electron chi connectivity index (χ1n) is 5.56. The molecule has 0 amide bonds. The minimum Gasteiger partial charge on any atom is -0.384 e. The van der Waals surface area contributed by atoms with Crippen molar-refractivity contribution in [3.05, 3.63) is 23.9 Å². The third kappa shape index (κ3) is 2.22. The van der Waals surface area contributed by atoms with E-state index in [0.717, 1.165) is 18.4 Å². The molecule has 2 rings (SSSR count). The van der Waals surface area contributed by atoms with Gasteiger partial charge in [0.25, 0.3) is 0 Å². The molecule has 1 aromatic rings. The predicted octanol–water partition coefficient (Wildman–Crippen LogP) is 1.08. The molecule has 0 spiro atoms. The Labute approximate surface area is 94.5 Å². The lowest BCUT2D eigenvalue weighted by Gasteiger charge is -2.20. The molecule has 0 aliphatic heterocycles. The summed E-state index contributed by atoms with van der Waals surface area (Å²) in [6.45, 7) is 0. The van der Waals surface area contributed by atoms with E-state index in [1.165, 1.54) is 0 Å². The number of aliphatic hydroxyl groups is 1. The van der Waals surface area contributed by atoms with Crippen LogP contribution in [0.1, 0.15) is 31.2 Å². The standard InChI is InChI=1S/C12H16N2O2/c13-11-8-9(3-6-14-11)7-10(15)12(16)4-1-2-5-12/h3,6,8,16H,1-2,4-5,7H2,(H2,13,14). The maximum absolute atomic E-state index is 11.9. The Hall–Kier alpha value is -1.42. The van der Waals surface area contributed by atoms with Gasteiger partial charge in [-0.2, -0.15) is 0 Å². The number of nitrogens with two attached hydrogens (primary N) is 1. The zero-order valence-electron chi connectivity index (χ0n) is 9.15. The van der Waals surface area contributed by atoms with E-state index in [4.69, 9.17) is 5.73 Å². The van der Waals surface area contributed by atoms with E-state index in [0.29, 0.717) is 18.7 Å². The number of hydrogen-bond donors (Lipinski definition) is 2. The number of aromatic nitrogens is 1. The van der Waals surface area contributed by atoms with Gasteiger partial charge in [0, 0.05) is 12.6 Å². The van der Waals surface area contributed by atoms with Gasteiger partial charge in [-0.15, -0.1) is 0 Å². The van der Waals surface area contributed by atoms with Gasteiger partial charge in [-0.3, -0.25) is 4.79 Å². The van der Waals surface area contributed by atoms with Crippen molar-refractivity contribution < 1.29 is 9.90 Å².